The minimum atomic E-state index is -3.83. The highest BCUT2D eigenvalue weighted by Crippen LogP contribution is 2.20. The molecule has 11 heteroatoms. The first-order valence-electron chi connectivity index (χ1n) is 7.65. The molecule has 0 radical (unpaired) electrons. The first kappa shape index (κ1) is 22.1. The van der Waals surface area contributed by atoms with Crippen molar-refractivity contribution < 1.29 is 21.2 Å². The molecule has 1 aliphatic heterocycles. The van der Waals surface area contributed by atoms with Crippen molar-refractivity contribution in [2.45, 2.75) is 24.2 Å². The minimum Gasteiger partial charge on any atom is -0.316 e. The Morgan fingerprint density at radius 3 is 2.56 bits per heavy atom. The molecule has 1 saturated heterocycles. The van der Waals surface area contributed by atoms with E-state index in [1.807, 2.05) is 4.72 Å². The molecule has 7 nitrogen and oxygen atoms in total. The SMILES string of the molecule is CS(=O)(=O)Nc1ccc(S(=O)(=O)NCCC2CCCNC2)cc1F.Cl. The van der Waals surface area contributed by atoms with Gasteiger partial charge in [-0.2, -0.15) is 0 Å². The number of anilines is 1. The molecule has 0 spiro atoms. The van der Waals surface area contributed by atoms with Crippen LogP contribution in [0.4, 0.5) is 10.1 Å². The summed E-state index contributed by atoms with van der Waals surface area (Å²) in [7, 11) is -7.47. The highest BCUT2D eigenvalue weighted by atomic mass is 35.5. The monoisotopic (exact) mass is 415 g/mol. The molecular weight excluding hydrogens is 393 g/mol. The zero-order valence-electron chi connectivity index (χ0n) is 13.8. The van der Waals surface area contributed by atoms with E-state index in [-0.39, 0.29) is 29.5 Å². The van der Waals surface area contributed by atoms with E-state index in [9.17, 15) is 21.2 Å². The predicted molar refractivity (Wildman–Crippen MR) is 97.5 cm³/mol. The summed E-state index contributed by atoms with van der Waals surface area (Å²) < 4.78 is 64.9. The van der Waals surface area contributed by atoms with Gasteiger partial charge in [-0.3, -0.25) is 4.72 Å². The topological polar surface area (TPSA) is 104 Å². The average Bonchev–Trinajstić information content (AvgIpc) is 2.49. The molecule has 1 fully saturated rings. The Labute approximate surface area is 154 Å². The molecule has 144 valence electrons. The lowest BCUT2D eigenvalue weighted by atomic mass is 9.96. The average molecular weight is 416 g/mol. The van der Waals surface area contributed by atoms with Crippen molar-refractivity contribution in [1.29, 1.82) is 0 Å². The molecule has 0 bridgehead atoms. The second-order valence-electron chi connectivity index (χ2n) is 5.91. The van der Waals surface area contributed by atoms with E-state index in [0.29, 0.717) is 12.3 Å². The fourth-order valence-corrected chi connectivity index (χ4v) is 4.22. The third-order valence-electron chi connectivity index (χ3n) is 3.79. The number of piperidine rings is 1. The van der Waals surface area contributed by atoms with Gasteiger partial charge in [-0.25, -0.2) is 25.9 Å². The van der Waals surface area contributed by atoms with Crippen LogP contribution in [0.15, 0.2) is 23.1 Å². The highest BCUT2D eigenvalue weighted by Gasteiger charge is 2.19. The van der Waals surface area contributed by atoms with Crippen molar-refractivity contribution >= 4 is 38.1 Å². The van der Waals surface area contributed by atoms with Crippen molar-refractivity contribution in [3.8, 4) is 0 Å². The van der Waals surface area contributed by atoms with Gasteiger partial charge in [-0.05, 0) is 56.5 Å². The van der Waals surface area contributed by atoms with E-state index in [1.54, 1.807) is 0 Å². The van der Waals surface area contributed by atoms with Crippen molar-refractivity contribution in [2.24, 2.45) is 5.92 Å². The number of hydrogen-bond donors (Lipinski definition) is 3. The van der Waals surface area contributed by atoms with Gasteiger partial charge in [0.15, 0.2) is 0 Å². The van der Waals surface area contributed by atoms with Crippen LogP contribution in [0.1, 0.15) is 19.3 Å². The summed E-state index contributed by atoms with van der Waals surface area (Å²) in [5.74, 6) is -0.515. The summed E-state index contributed by atoms with van der Waals surface area (Å²) in [5.41, 5.74) is -0.287. The van der Waals surface area contributed by atoms with E-state index in [4.69, 9.17) is 0 Å². The van der Waals surface area contributed by atoms with Gasteiger partial charge in [-0.15, -0.1) is 12.4 Å². The second-order valence-corrected chi connectivity index (χ2v) is 9.43. The van der Waals surface area contributed by atoms with Crippen LogP contribution in [0.25, 0.3) is 0 Å². The van der Waals surface area contributed by atoms with Crippen molar-refractivity contribution in [1.82, 2.24) is 10.0 Å². The summed E-state index contributed by atoms with van der Waals surface area (Å²) in [6.07, 6.45) is 3.74. The van der Waals surface area contributed by atoms with Crippen LogP contribution in [0.3, 0.4) is 0 Å². The Morgan fingerprint density at radius 1 is 1.28 bits per heavy atom. The molecule has 25 heavy (non-hydrogen) atoms. The summed E-state index contributed by atoms with van der Waals surface area (Å²) in [5, 5.41) is 3.26. The largest absolute Gasteiger partial charge is 0.316 e. The summed E-state index contributed by atoms with van der Waals surface area (Å²) in [6, 6.07) is 3.06. The number of hydrogen-bond acceptors (Lipinski definition) is 5. The summed E-state index contributed by atoms with van der Waals surface area (Å²) in [4.78, 5) is -0.235. The Morgan fingerprint density at radius 2 is 2.00 bits per heavy atom. The maximum atomic E-state index is 13.9. The molecule has 3 N–H and O–H groups in total. The lowest BCUT2D eigenvalue weighted by Gasteiger charge is -2.22. The molecule has 0 aromatic heterocycles. The van der Waals surface area contributed by atoms with Crippen LogP contribution in [0, 0.1) is 11.7 Å². The molecule has 1 aromatic rings. The lowest BCUT2D eigenvalue weighted by molar-refractivity contribution is 0.358. The number of sulfonamides is 2. The second kappa shape index (κ2) is 9.13. The molecule has 1 heterocycles. The van der Waals surface area contributed by atoms with Crippen LogP contribution in [-0.2, 0) is 20.0 Å². The lowest BCUT2D eigenvalue weighted by Crippen LogP contribution is -2.33. The maximum Gasteiger partial charge on any atom is 0.240 e. The minimum absolute atomic E-state index is 0. The Hall–Kier alpha value is -0.940. The van der Waals surface area contributed by atoms with Crippen LogP contribution in [0.5, 0.6) is 0 Å². The van der Waals surface area contributed by atoms with Gasteiger partial charge in [0.2, 0.25) is 20.0 Å². The van der Waals surface area contributed by atoms with Crippen LogP contribution in [-0.4, -0.2) is 42.7 Å². The molecule has 1 unspecified atom stereocenters. The molecule has 2 rings (SSSR count). The molecule has 1 aromatic carbocycles. The van der Waals surface area contributed by atoms with Crippen molar-refractivity contribution in [3.63, 3.8) is 0 Å². The van der Waals surface area contributed by atoms with Crippen molar-refractivity contribution in [3.05, 3.63) is 24.0 Å². The Kier molecular flexibility index (Phi) is 8.07. The van der Waals surface area contributed by atoms with E-state index in [1.165, 1.54) is 6.07 Å². The molecule has 1 aliphatic rings. The van der Waals surface area contributed by atoms with Gasteiger partial charge in [0.1, 0.15) is 5.82 Å². The third-order valence-corrected chi connectivity index (χ3v) is 5.84. The first-order chi connectivity index (χ1) is 11.2. The quantitative estimate of drug-likeness (QED) is 0.622. The summed E-state index contributed by atoms with van der Waals surface area (Å²) in [6.45, 7) is 2.15. The smallest absolute Gasteiger partial charge is 0.240 e. The van der Waals surface area contributed by atoms with Gasteiger partial charge >= 0.3 is 0 Å². The fraction of sp³-hybridized carbons (Fsp3) is 0.571. The molecule has 1 atom stereocenters. The Balaban J connectivity index is 0.00000312. The fourth-order valence-electron chi connectivity index (χ4n) is 2.60. The number of halogens is 2. The van der Waals surface area contributed by atoms with E-state index < -0.39 is 25.9 Å². The summed E-state index contributed by atoms with van der Waals surface area (Å²) >= 11 is 0. The number of nitrogens with one attached hydrogen (secondary N) is 3. The van der Waals surface area contributed by atoms with Gasteiger partial charge < -0.3 is 5.32 Å². The standard InChI is InChI=1S/C14H22FN3O4S2.ClH/c1-23(19,20)18-14-5-4-12(9-13(14)15)24(21,22)17-8-6-11-3-2-7-16-10-11;/h4-5,9,11,16-18H,2-3,6-8,10H2,1H3;1H. The van der Waals surface area contributed by atoms with E-state index in [0.717, 1.165) is 44.3 Å². The maximum absolute atomic E-state index is 13.9. The van der Waals surface area contributed by atoms with Crippen LogP contribution in [0.2, 0.25) is 0 Å². The Bertz CT molecular complexity index is 781. The van der Waals surface area contributed by atoms with Gasteiger partial charge in [-0.1, -0.05) is 0 Å². The van der Waals surface area contributed by atoms with Crippen LogP contribution < -0.4 is 14.8 Å². The van der Waals surface area contributed by atoms with Gasteiger partial charge in [0.25, 0.3) is 0 Å². The zero-order chi connectivity index (χ0) is 17.8. The third kappa shape index (κ3) is 7.06. The van der Waals surface area contributed by atoms with Gasteiger partial charge in [0.05, 0.1) is 16.8 Å². The van der Waals surface area contributed by atoms with Crippen molar-refractivity contribution in [2.75, 3.05) is 30.6 Å². The van der Waals surface area contributed by atoms with Crippen LogP contribution >= 0.6 is 12.4 Å². The zero-order valence-corrected chi connectivity index (χ0v) is 16.2. The van der Waals surface area contributed by atoms with E-state index in [2.05, 4.69) is 10.0 Å². The van der Waals surface area contributed by atoms with Gasteiger partial charge in [0, 0.05) is 6.54 Å². The predicted octanol–water partition coefficient (Wildman–Crippen LogP) is 1.29. The van der Waals surface area contributed by atoms with E-state index >= 15 is 0 Å². The normalized spacial score (nSPS) is 18.4. The molecule has 0 amide bonds. The molecule has 0 aliphatic carbocycles. The molecule has 0 saturated carbocycles. The number of rotatable bonds is 7. The molecular formula is C14H23ClFN3O4S2. The number of benzene rings is 1. The highest BCUT2D eigenvalue weighted by molar-refractivity contribution is 7.92. The first-order valence-corrected chi connectivity index (χ1v) is 11.0.